The summed E-state index contributed by atoms with van der Waals surface area (Å²) < 4.78 is 27.6. The maximum Gasteiger partial charge on any atom is 0.203 e. The zero-order valence-corrected chi connectivity index (χ0v) is 22.6. The molecule has 0 radical (unpaired) electrons. The first-order chi connectivity index (χ1) is 15.6. The minimum Gasteiger partial charge on any atom is -0.493 e. The quantitative estimate of drug-likeness (QED) is 0.226. The average molecular weight is 573 g/mol. The van der Waals surface area contributed by atoms with E-state index in [0.717, 1.165) is 29.0 Å². The number of methoxy groups -OCH3 is 3. The highest BCUT2D eigenvalue weighted by atomic mass is 127. The van der Waals surface area contributed by atoms with Gasteiger partial charge in [0.15, 0.2) is 29.0 Å². The van der Waals surface area contributed by atoms with Gasteiger partial charge >= 0.3 is 0 Å². The highest BCUT2D eigenvalue weighted by molar-refractivity contribution is 14.0. The average Bonchev–Trinajstić information content (AvgIpc) is 2.82. The molecule has 0 aliphatic rings. The molecule has 0 saturated carbocycles. The van der Waals surface area contributed by atoms with Crippen LogP contribution < -0.4 is 34.3 Å². The van der Waals surface area contributed by atoms with Crippen LogP contribution in [-0.4, -0.2) is 54.1 Å². The Kier molecular flexibility index (Phi) is 13.2. The molecule has 8 nitrogen and oxygen atoms in total. The van der Waals surface area contributed by atoms with Gasteiger partial charge < -0.3 is 34.3 Å². The van der Waals surface area contributed by atoms with Crippen molar-refractivity contribution in [1.82, 2.24) is 10.6 Å². The summed E-state index contributed by atoms with van der Waals surface area (Å²) in [7, 11) is 6.54. The van der Waals surface area contributed by atoms with Crippen LogP contribution in [0.15, 0.2) is 35.3 Å². The molecule has 0 aliphatic heterocycles. The van der Waals surface area contributed by atoms with Crippen molar-refractivity contribution in [2.75, 3.05) is 48.1 Å². The van der Waals surface area contributed by atoms with Crippen molar-refractivity contribution in [3.63, 3.8) is 0 Å². The van der Waals surface area contributed by atoms with E-state index in [4.69, 9.17) is 23.7 Å². The first-order valence-corrected chi connectivity index (χ1v) is 10.7. The molecule has 0 atom stereocenters. The topological polar surface area (TPSA) is 82.6 Å². The van der Waals surface area contributed by atoms with Crippen molar-refractivity contribution in [3.05, 3.63) is 41.5 Å². The standard InChI is InChI=1S/C24H35N3O5.HI/c1-7-31-19-10-9-17(13-20(19)32-8-2)11-12-26-24(25-3)27-16-18-14-21(28-4)23(30-6)22(15-18)29-5;/h9-10,13-15H,7-8,11-12,16H2,1-6H3,(H2,25,26,27);1H. The van der Waals surface area contributed by atoms with E-state index < -0.39 is 0 Å². The van der Waals surface area contributed by atoms with Gasteiger partial charge in [0, 0.05) is 20.1 Å². The van der Waals surface area contributed by atoms with Crippen LogP contribution in [0, 0.1) is 0 Å². The highest BCUT2D eigenvalue weighted by Crippen LogP contribution is 2.38. The molecule has 0 fully saturated rings. The molecule has 2 aromatic carbocycles. The van der Waals surface area contributed by atoms with Crippen LogP contribution in [-0.2, 0) is 13.0 Å². The summed E-state index contributed by atoms with van der Waals surface area (Å²) in [5.74, 6) is 4.06. The Hall–Kier alpha value is -2.56. The SMILES string of the molecule is CCOc1ccc(CCNC(=NC)NCc2cc(OC)c(OC)c(OC)c2)cc1OCC.I. The molecule has 0 bridgehead atoms. The second-order valence-electron chi connectivity index (χ2n) is 6.78. The van der Waals surface area contributed by atoms with Crippen LogP contribution in [0.3, 0.4) is 0 Å². The second-order valence-corrected chi connectivity index (χ2v) is 6.78. The number of ether oxygens (including phenoxy) is 5. The van der Waals surface area contributed by atoms with Crippen molar-refractivity contribution in [3.8, 4) is 28.7 Å². The lowest BCUT2D eigenvalue weighted by atomic mass is 10.1. The third-order valence-corrected chi connectivity index (χ3v) is 4.72. The summed E-state index contributed by atoms with van der Waals surface area (Å²) in [6, 6.07) is 9.87. The molecule has 9 heteroatoms. The molecule has 2 aromatic rings. The van der Waals surface area contributed by atoms with E-state index in [9.17, 15) is 0 Å². The molecule has 0 amide bonds. The molecule has 184 valence electrons. The van der Waals surface area contributed by atoms with Gasteiger partial charge in [-0.15, -0.1) is 24.0 Å². The maximum atomic E-state index is 5.71. The van der Waals surface area contributed by atoms with Crippen molar-refractivity contribution in [2.45, 2.75) is 26.8 Å². The van der Waals surface area contributed by atoms with E-state index in [-0.39, 0.29) is 24.0 Å². The molecule has 0 saturated heterocycles. The zero-order chi connectivity index (χ0) is 23.3. The van der Waals surface area contributed by atoms with Crippen LogP contribution >= 0.6 is 24.0 Å². The van der Waals surface area contributed by atoms with Crippen molar-refractivity contribution < 1.29 is 23.7 Å². The minimum atomic E-state index is 0. The number of aliphatic imine (C=N–C) groups is 1. The maximum absolute atomic E-state index is 5.71. The van der Waals surface area contributed by atoms with Gasteiger partial charge in [-0.3, -0.25) is 4.99 Å². The number of hydrogen-bond donors (Lipinski definition) is 2. The summed E-state index contributed by atoms with van der Waals surface area (Å²) in [4.78, 5) is 4.30. The highest BCUT2D eigenvalue weighted by Gasteiger charge is 2.13. The van der Waals surface area contributed by atoms with E-state index in [2.05, 4.69) is 21.7 Å². The van der Waals surface area contributed by atoms with Gasteiger partial charge in [0.05, 0.1) is 34.5 Å². The van der Waals surface area contributed by atoms with Crippen LogP contribution in [0.25, 0.3) is 0 Å². The number of guanidine groups is 1. The van der Waals surface area contributed by atoms with Crippen LogP contribution in [0.2, 0.25) is 0 Å². The fourth-order valence-corrected chi connectivity index (χ4v) is 3.22. The molecule has 0 unspecified atom stereocenters. The number of benzene rings is 2. The third-order valence-electron chi connectivity index (χ3n) is 4.72. The van der Waals surface area contributed by atoms with E-state index in [1.54, 1.807) is 28.4 Å². The zero-order valence-electron chi connectivity index (χ0n) is 20.3. The monoisotopic (exact) mass is 573 g/mol. The van der Waals surface area contributed by atoms with E-state index in [1.165, 1.54) is 0 Å². The number of nitrogens with zero attached hydrogens (tertiary/aromatic N) is 1. The molecule has 0 spiro atoms. The van der Waals surface area contributed by atoms with Gasteiger partial charge in [-0.05, 0) is 55.7 Å². The Labute approximate surface area is 214 Å². The summed E-state index contributed by atoms with van der Waals surface area (Å²) in [5, 5.41) is 6.65. The van der Waals surface area contributed by atoms with E-state index in [0.29, 0.717) is 49.5 Å². The fourth-order valence-electron chi connectivity index (χ4n) is 3.22. The summed E-state index contributed by atoms with van der Waals surface area (Å²) in [6.45, 7) is 6.40. The van der Waals surface area contributed by atoms with Gasteiger partial charge in [0.2, 0.25) is 5.75 Å². The van der Waals surface area contributed by atoms with Gasteiger partial charge in [-0.1, -0.05) is 6.07 Å². The van der Waals surface area contributed by atoms with Crippen molar-refractivity contribution in [1.29, 1.82) is 0 Å². The Morgan fingerprint density at radius 3 is 1.94 bits per heavy atom. The predicted molar refractivity (Wildman–Crippen MR) is 142 cm³/mol. The van der Waals surface area contributed by atoms with E-state index >= 15 is 0 Å². The van der Waals surface area contributed by atoms with Crippen LogP contribution in [0.1, 0.15) is 25.0 Å². The smallest absolute Gasteiger partial charge is 0.203 e. The Bertz CT molecular complexity index is 867. The van der Waals surface area contributed by atoms with Crippen molar-refractivity contribution >= 4 is 29.9 Å². The summed E-state index contributed by atoms with van der Waals surface area (Å²) in [5.41, 5.74) is 2.14. The minimum absolute atomic E-state index is 0. The molecule has 2 N–H and O–H groups in total. The summed E-state index contributed by atoms with van der Waals surface area (Å²) >= 11 is 0. The lowest BCUT2D eigenvalue weighted by Gasteiger charge is -2.16. The van der Waals surface area contributed by atoms with Gasteiger partial charge in [0.1, 0.15) is 0 Å². The van der Waals surface area contributed by atoms with Gasteiger partial charge in [-0.2, -0.15) is 0 Å². The Morgan fingerprint density at radius 2 is 1.39 bits per heavy atom. The molecule has 0 aliphatic carbocycles. The first-order valence-electron chi connectivity index (χ1n) is 10.7. The predicted octanol–water partition coefficient (Wildman–Crippen LogP) is 4.04. The normalized spacial score (nSPS) is 10.7. The number of hydrogen-bond acceptors (Lipinski definition) is 6. The third kappa shape index (κ3) is 8.38. The Morgan fingerprint density at radius 1 is 0.788 bits per heavy atom. The number of rotatable bonds is 12. The molecule has 33 heavy (non-hydrogen) atoms. The Balaban J connectivity index is 0.00000544. The molecule has 0 aromatic heterocycles. The van der Waals surface area contributed by atoms with Gasteiger partial charge in [-0.25, -0.2) is 0 Å². The van der Waals surface area contributed by atoms with Gasteiger partial charge in [0.25, 0.3) is 0 Å². The number of halogens is 1. The van der Waals surface area contributed by atoms with E-state index in [1.807, 2.05) is 38.1 Å². The molecule has 0 heterocycles. The van der Waals surface area contributed by atoms with Crippen molar-refractivity contribution in [2.24, 2.45) is 4.99 Å². The fraction of sp³-hybridized carbons (Fsp3) is 0.458. The summed E-state index contributed by atoms with van der Waals surface area (Å²) in [6.07, 6.45) is 0.817. The second kappa shape index (κ2) is 15.3. The van der Waals surface area contributed by atoms with Crippen LogP contribution in [0.5, 0.6) is 28.7 Å². The number of nitrogens with one attached hydrogen (secondary N) is 2. The molecular weight excluding hydrogens is 537 g/mol. The molecule has 2 rings (SSSR count). The largest absolute Gasteiger partial charge is 0.493 e. The lowest BCUT2D eigenvalue weighted by Crippen LogP contribution is -2.37. The first kappa shape index (κ1) is 28.5. The molecular formula is C24H36IN3O5. The van der Waals surface area contributed by atoms with Crippen LogP contribution in [0.4, 0.5) is 0 Å². The lowest BCUT2D eigenvalue weighted by molar-refractivity contribution is 0.287.